The third kappa shape index (κ3) is 6.26. The van der Waals surface area contributed by atoms with Crippen molar-refractivity contribution in [3.05, 3.63) is 24.3 Å². The Kier molecular flexibility index (Phi) is 8.62. The van der Waals surface area contributed by atoms with Crippen LogP contribution in [0.4, 0.5) is 11.4 Å². The average Bonchev–Trinajstić information content (AvgIpc) is 2.70. The fourth-order valence-corrected chi connectivity index (χ4v) is 3.60. The maximum Gasteiger partial charge on any atom is 0.225 e. The van der Waals surface area contributed by atoms with Crippen LogP contribution in [-0.2, 0) is 9.59 Å². The van der Waals surface area contributed by atoms with E-state index < -0.39 is 0 Å². The van der Waals surface area contributed by atoms with Crippen LogP contribution in [0.15, 0.2) is 24.3 Å². The molecule has 1 aromatic rings. The van der Waals surface area contributed by atoms with Crippen molar-refractivity contribution in [2.45, 2.75) is 59.3 Å². The second-order valence-corrected chi connectivity index (χ2v) is 7.38. The Hall–Kier alpha value is -2.04. The number of nitrogens with one attached hydrogen (secondary N) is 1. The quantitative estimate of drug-likeness (QED) is 0.657. The second-order valence-electron chi connectivity index (χ2n) is 7.38. The van der Waals surface area contributed by atoms with E-state index in [-0.39, 0.29) is 11.8 Å². The van der Waals surface area contributed by atoms with Gasteiger partial charge in [0.15, 0.2) is 0 Å². The molecule has 1 heterocycles. The van der Waals surface area contributed by atoms with E-state index in [1.807, 2.05) is 17.0 Å². The van der Waals surface area contributed by atoms with Crippen molar-refractivity contribution in [1.29, 1.82) is 0 Å². The van der Waals surface area contributed by atoms with E-state index in [0.717, 1.165) is 69.7 Å². The number of hydrogen-bond acceptors (Lipinski definition) is 3. The Labute approximate surface area is 164 Å². The molecule has 5 heteroatoms. The van der Waals surface area contributed by atoms with E-state index in [2.05, 4.69) is 43.1 Å². The van der Waals surface area contributed by atoms with Gasteiger partial charge < -0.3 is 15.1 Å². The van der Waals surface area contributed by atoms with E-state index in [0.29, 0.717) is 12.3 Å². The highest BCUT2D eigenvalue weighted by Gasteiger charge is 2.25. The first-order valence-corrected chi connectivity index (χ1v) is 10.5. The molecule has 0 bridgehead atoms. The molecule has 0 radical (unpaired) electrons. The molecular formula is C22H35N3O2. The number of unbranched alkanes of at least 4 members (excludes halogenated alkanes) is 2. The number of nitrogens with zero attached hydrogens (tertiary/aromatic N) is 2. The molecule has 1 aliphatic heterocycles. The lowest BCUT2D eigenvalue weighted by molar-refractivity contribution is -0.136. The maximum atomic E-state index is 12.5. The van der Waals surface area contributed by atoms with Crippen LogP contribution in [-0.4, -0.2) is 42.9 Å². The molecule has 0 aliphatic carbocycles. The Morgan fingerprint density at radius 1 is 0.963 bits per heavy atom. The van der Waals surface area contributed by atoms with Gasteiger partial charge in [-0.3, -0.25) is 9.59 Å². The van der Waals surface area contributed by atoms with Crippen molar-refractivity contribution in [3.8, 4) is 0 Å². The first kappa shape index (κ1) is 21.3. The van der Waals surface area contributed by atoms with Crippen molar-refractivity contribution < 1.29 is 9.59 Å². The van der Waals surface area contributed by atoms with E-state index in [1.54, 1.807) is 0 Å². The van der Waals surface area contributed by atoms with Crippen LogP contribution in [0, 0.1) is 5.92 Å². The Morgan fingerprint density at radius 2 is 1.59 bits per heavy atom. The molecule has 1 aliphatic rings. The number of piperazine rings is 1. The summed E-state index contributed by atoms with van der Waals surface area (Å²) in [5.41, 5.74) is 2.00. The van der Waals surface area contributed by atoms with Gasteiger partial charge in [-0.1, -0.05) is 33.6 Å². The summed E-state index contributed by atoms with van der Waals surface area (Å²) in [5.74, 6) is 0.558. The lowest BCUT2D eigenvalue weighted by Crippen LogP contribution is -2.50. The number of benzene rings is 1. The van der Waals surface area contributed by atoms with Gasteiger partial charge in [-0.15, -0.1) is 0 Å². The van der Waals surface area contributed by atoms with E-state index >= 15 is 0 Å². The predicted octanol–water partition coefficient (Wildman–Crippen LogP) is 4.29. The number of carbonyl (C=O) groups excluding carboxylic acids is 2. The summed E-state index contributed by atoms with van der Waals surface area (Å²) in [5, 5.41) is 2.97. The van der Waals surface area contributed by atoms with Gasteiger partial charge in [0.2, 0.25) is 11.8 Å². The first-order valence-electron chi connectivity index (χ1n) is 10.5. The van der Waals surface area contributed by atoms with Gasteiger partial charge in [-0.25, -0.2) is 0 Å². The second kappa shape index (κ2) is 11.0. The smallest absolute Gasteiger partial charge is 0.225 e. The summed E-state index contributed by atoms with van der Waals surface area (Å²) < 4.78 is 0. The van der Waals surface area contributed by atoms with E-state index in [1.165, 1.54) is 0 Å². The largest absolute Gasteiger partial charge is 0.368 e. The predicted molar refractivity (Wildman–Crippen MR) is 112 cm³/mol. The van der Waals surface area contributed by atoms with Crippen LogP contribution in [0.3, 0.4) is 0 Å². The van der Waals surface area contributed by atoms with Crippen LogP contribution < -0.4 is 10.2 Å². The van der Waals surface area contributed by atoms with Crippen molar-refractivity contribution in [3.63, 3.8) is 0 Å². The third-order valence-electron chi connectivity index (χ3n) is 5.45. The molecule has 0 saturated carbocycles. The highest BCUT2D eigenvalue weighted by atomic mass is 16.2. The summed E-state index contributed by atoms with van der Waals surface area (Å²) in [6, 6.07) is 8.05. The maximum absolute atomic E-state index is 12.5. The van der Waals surface area contributed by atoms with Gasteiger partial charge >= 0.3 is 0 Å². The molecular weight excluding hydrogens is 338 g/mol. The van der Waals surface area contributed by atoms with Gasteiger partial charge in [0.1, 0.15) is 0 Å². The van der Waals surface area contributed by atoms with E-state index in [4.69, 9.17) is 0 Å². The summed E-state index contributed by atoms with van der Waals surface area (Å²) >= 11 is 0. The van der Waals surface area contributed by atoms with Gasteiger partial charge in [0.25, 0.3) is 0 Å². The number of amides is 2. The zero-order valence-electron chi connectivity index (χ0n) is 17.2. The Bertz CT molecular complexity index is 588. The lowest BCUT2D eigenvalue weighted by atomic mass is 10.0. The van der Waals surface area contributed by atoms with E-state index in [9.17, 15) is 9.59 Å². The Morgan fingerprint density at radius 3 is 2.15 bits per heavy atom. The molecule has 2 amide bonds. The SMILES string of the molecule is CCCCCC(=O)Nc1ccc(N2CCN(C(=O)C(CC)CC)CC2)cc1. The van der Waals surface area contributed by atoms with Gasteiger partial charge in [-0.05, 0) is 43.5 Å². The third-order valence-corrected chi connectivity index (χ3v) is 5.45. The number of rotatable bonds is 9. The molecule has 0 spiro atoms. The standard InChI is InChI=1S/C22H35N3O2/c1-4-7-8-9-21(26)23-19-10-12-20(13-11-19)24-14-16-25(17-15-24)22(27)18(5-2)6-3/h10-13,18H,4-9,14-17H2,1-3H3,(H,23,26). The van der Waals surface area contributed by atoms with Crippen molar-refractivity contribution in [2.75, 3.05) is 36.4 Å². The molecule has 0 unspecified atom stereocenters. The summed E-state index contributed by atoms with van der Waals surface area (Å²) in [6.45, 7) is 9.59. The zero-order chi connectivity index (χ0) is 19.6. The molecule has 0 aromatic heterocycles. The number of anilines is 2. The van der Waals surface area contributed by atoms with Crippen molar-refractivity contribution in [2.24, 2.45) is 5.92 Å². The molecule has 150 valence electrons. The van der Waals surface area contributed by atoms with Crippen LogP contribution in [0.5, 0.6) is 0 Å². The van der Waals surface area contributed by atoms with Crippen LogP contribution >= 0.6 is 0 Å². The Balaban J connectivity index is 1.83. The minimum absolute atomic E-state index is 0.0877. The van der Waals surface area contributed by atoms with Gasteiger partial charge in [0.05, 0.1) is 0 Å². The molecule has 1 aromatic carbocycles. The minimum Gasteiger partial charge on any atom is -0.368 e. The molecule has 0 atom stereocenters. The fraction of sp³-hybridized carbons (Fsp3) is 0.636. The molecule has 1 N–H and O–H groups in total. The molecule has 27 heavy (non-hydrogen) atoms. The van der Waals surface area contributed by atoms with Crippen LogP contribution in [0.2, 0.25) is 0 Å². The molecule has 5 nitrogen and oxygen atoms in total. The summed E-state index contributed by atoms with van der Waals surface area (Å²) in [7, 11) is 0. The topological polar surface area (TPSA) is 52.7 Å². The summed E-state index contributed by atoms with van der Waals surface area (Å²) in [6.07, 6.45) is 5.58. The van der Waals surface area contributed by atoms with Crippen molar-refractivity contribution in [1.82, 2.24) is 4.90 Å². The lowest BCUT2D eigenvalue weighted by Gasteiger charge is -2.37. The molecule has 1 saturated heterocycles. The summed E-state index contributed by atoms with van der Waals surface area (Å²) in [4.78, 5) is 28.8. The minimum atomic E-state index is 0.0877. The highest BCUT2D eigenvalue weighted by molar-refractivity contribution is 5.90. The normalized spacial score (nSPS) is 14.5. The monoisotopic (exact) mass is 373 g/mol. The number of hydrogen-bond donors (Lipinski definition) is 1. The van der Waals surface area contributed by atoms with Gasteiger partial charge in [0, 0.05) is 49.9 Å². The van der Waals surface area contributed by atoms with Crippen LogP contribution in [0.25, 0.3) is 0 Å². The number of carbonyl (C=O) groups is 2. The fourth-order valence-electron chi connectivity index (χ4n) is 3.60. The average molecular weight is 374 g/mol. The van der Waals surface area contributed by atoms with Crippen LogP contribution in [0.1, 0.15) is 59.3 Å². The van der Waals surface area contributed by atoms with Crippen molar-refractivity contribution >= 4 is 23.2 Å². The first-order chi connectivity index (χ1) is 13.1. The molecule has 1 fully saturated rings. The highest BCUT2D eigenvalue weighted by Crippen LogP contribution is 2.21. The zero-order valence-corrected chi connectivity index (χ0v) is 17.2. The van der Waals surface area contributed by atoms with Gasteiger partial charge in [-0.2, -0.15) is 0 Å². The molecule has 2 rings (SSSR count).